The molecule has 0 heterocycles. The average Bonchev–Trinajstić information content (AvgIpc) is 2.12. The number of esters is 1. The predicted molar refractivity (Wildman–Crippen MR) is 60.3 cm³/mol. The number of rotatable bonds is 3. The minimum Gasteiger partial charge on any atom is -0.466 e. The van der Waals surface area contributed by atoms with Gasteiger partial charge in [0.1, 0.15) is 0 Å². The van der Waals surface area contributed by atoms with Gasteiger partial charge in [0, 0.05) is 5.54 Å². The van der Waals surface area contributed by atoms with Crippen LogP contribution in [0.1, 0.15) is 46.5 Å². The van der Waals surface area contributed by atoms with Crippen LogP contribution in [-0.2, 0) is 9.53 Å². The Morgan fingerprint density at radius 1 is 1.47 bits per heavy atom. The van der Waals surface area contributed by atoms with Crippen molar-refractivity contribution in [3.63, 3.8) is 0 Å². The third-order valence-corrected chi connectivity index (χ3v) is 3.58. The van der Waals surface area contributed by atoms with Crippen molar-refractivity contribution >= 4 is 5.97 Å². The molecule has 0 radical (unpaired) electrons. The quantitative estimate of drug-likeness (QED) is 0.730. The second kappa shape index (κ2) is 4.97. The Morgan fingerprint density at radius 3 is 2.73 bits per heavy atom. The Kier molecular flexibility index (Phi) is 4.14. The molecule has 0 aromatic heterocycles. The minimum absolute atomic E-state index is 0.152. The molecule has 1 fully saturated rings. The van der Waals surface area contributed by atoms with Gasteiger partial charge in [-0.25, -0.2) is 0 Å². The summed E-state index contributed by atoms with van der Waals surface area (Å²) in [5.41, 5.74) is 5.98. The van der Waals surface area contributed by atoms with Gasteiger partial charge in [-0.15, -0.1) is 0 Å². The molecule has 1 aliphatic carbocycles. The van der Waals surface area contributed by atoms with Crippen LogP contribution in [0.2, 0.25) is 0 Å². The highest BCUT2D eigenvalue weighted by atomic mass is 16.5. The molecular weight excluding hydrogens is 190 g/mol. The molecule has 1 saturated carbocycles. The van der Waals surface area contributed by atoms with Crippen LogP contribution in [0.5, 0.6) is 0 Å². The molecule has 0 spiro atoms. The van der Waals surface area contributed by atoms with E-state index in [1.807, 2.05) is 6.92 Å². The van der Waals surface area contributed by atoms with E-state index in [0.29, 0.717) is 24.9 Å². The molecule has 15 heavy (non-hydrogen) atoms. The predicted octanol–water partition coefficient (Wildman–Crippen LogP) is 2.09. The fourth-order valence-corrected chi connectivity index (χ4v) is 2.50. The molecule has 0 saturated heterocycles. The lowest BCUT2D eigenvalue weighted by atomic mass is 9.69. The summed E-state index contributed by atoms with van der Waals surface area (Å²) in [4.78, 5) is 11.5. The van der Waals surface area contributed by atoms with Crippen LogP contribution in [0.3, 0.4) is 0 Å². The van der Waals surface area contributed by atoms with E-state index in [1.54, 1.807) is 0 Å². The molecule has 0 aliphatic heterocycles. The number of hydrogen-bond acceptors (Lipinski definition) is 3. The lowest BCUT2D eigenvalue weighted by molar-refractivity contribution is -0.145. The van der Waals surface area contributed by atoms with Crippen molar-refractivity contribution in [1.29, 1.82) is 0 Å². The molecule has 0 aromatic rings. The van der Waals surface area contributed by atoms with Gasteiger partial charge in [0.05, 0.1) is 13.0 Å². The van der Waals surface area contributed by atoms with E-state index < -0.39 is 0 Å². The van der Waals surface area contributed by atoms with E-state index in [0.717, 1.165) is 12.8 Å². The summed E-state index contributed by atoms with van der Waals surface area (Å²) in [6.07, 6.45) is 3.65. The molecule has 0 aromatic carbocycles. The first kappa shape index (κ1) is 12.5. The Morgan fingerprint density at radius 2 is 2.13 bits per heavy atom. The topological polar surface area (TPSA) is 52.3 Å². The van der Waals surface area contributed by atoms with Crippen LogP contribution in [-0.4, -0.2) is 18.1 Å². The van der Waals surface area contributed by atoms with Gasteiger partial charge < -0.3 is 10.5 Å². The van der Waals surface area contributed by atoms with Crippen molar-refractivity contribution in [3.05, 3.63) is 0 Å². The van der Waals surface area contributed by atoms with Gasteiger partial charge in [0.15, 0.2) is 0 Å². The lowest BCUT2D eigenvalue weighted by Crippen LogP contribution is -2.51. The first-order chi connectivity index (χ1) is 6.98. The number of hydrogen-bond donors (Lipinski definition) is 1. The van der Waals surface area contributed by atoms with Crippen molar-refractivity contribution in [2.24, 2.45) is 17.6 Å². The fourth-order valence-electron chi connectivity index (χ4n) is 2.50. The molecule has 1 rings (SSSR count). The Balaban J connectivity index is 2.58. The molecular formula is C12H23NO2. The van der Waals surface area contributed by atoms with Crippen LogP contribution in [0, 0.1) is 11.8 Å². The maximum absolute atomic E-state index is 11.5. The maximum atomic E-state index is 11.5. The van der Waals surface area contributed by atoms with Gasteiger partial charge in [-0.3, -0.25) is 4.79 Å². The van der Waals surface area contributed by atoms with Crippen LogP contribution >= 0.6 is 0 Å². The molecule has 2 N–H and O–H groups in total. The summed E-state index contributed by atoms with van der Waals surface area (Å²) in [6, 6.07) is 0. The molecule has 0 bridgehead atoms. The molecule has 3 heteroatoms. The average molecular weight is 213 g/mol. The second-order valence-electron chi connectivity index (χ2n) is 5.00. The summed E-state index contributed by atoms with van der Waals surface area (Å²) in [5.74, 6) is 0.889. The highest BCUT2D eigenvalue weighted by Gasteiger charge is 2.39. The lowest BCUT2D eigenvalue weighted by Gasteiger charge is -2.41. The van der Waals surface area contributed by atoms with Crippen molar-refractivity contribution < 1.29 is 9.53 Å². The van der Waals surface area contributed by atoms with Crippen LogP contribution in [0.4, 0.5) is 0 Å². The Bertz CT molecular complexity index is 230. The van der Waals surface area contributed by atoms with E-state index in [2.05, 4.69) is 13.8 Å². The zero-order valence-corrected chi connectivity index (χ0v) is 10.1. The van der Waals surface area contributed by atoms with Crippen molar-refractivity contribution in [2.75, 3.05) is 6.61 Å². The third kappa shape index (κ3) is 3.20. The van der Waals surface area contributed by atoms with Gasteiger partial charge in [-0.2, -0.15) is 0 Å². The normalized spacial score (nSPS) is 36.3. The highest BCUT2D eigenvalue weighted by molar-refractivity contribution is 5.71. The molecule has 0 amide bonds. The first-order valence-corrected chi connectivity index (χ1v) is 5.92. The van der Waals surface area contributed by atoms with Gasteiger partial charge in [0.2, 0.25) is 0 Å². The monoisotopic (exact) mass is 213 g/mol. The molecule has 1 aliphatic rings. The fraction of sp³-hybridized carbons (Fsp3) is 0.917. The van der Waals surface area contributed by atoms with Crippen LogP contribution < -0.4 is 5.73 Å². The Labute approximate surface area is 92.4 Å². The summed E-state index contributed by atoms with van der Waals surface area (Å²) in [6.45, 7) is 6.62. The Hall–Kier alpha value is -0.570. The van der Waals surface area contributed by atoms with E-state index in [1.165, 1.54) is 6.42 Å². The van der Waals surface area contributed by atoms with Gasteiger partial charge >= 0.3 is 5.97 Å². The number of ether oxygens (including phenoxy) is 1. The summed E-state index contributed by atoms with van der Waals surface area (Å²) in [7, 11) is 0. The van der Waals surface area contributed by atoms with Crippen LogP contribution in [0.15, 0.2) is 0 Å². The summed E-state index contributed by atoms with van der Waals surface area (Å²) in [5, 5.41) is 0. The standard InChI is InChI=1S/C12H23NO2/c1-4-15-11(14)8-12(13)7-9(2)5-6-10(12)3/h9-10H,4-8,13H2,1-3H3. The van der Waals surface area contributed by atoms with E-state index in [9.17, 15) is 4.79 Å². The maximum Gasteiger partial charge on any atom is 0.307 e. The molecule has 88 valence electrons. The zero-order valence-electron chi connectivity index (χ0n) is 10.1. The highest BCUT2D eigenvalue weighted by Crippen LogP contribution is 2.37. The largest absolute Gasteiger partial charge is 0.466 e. The summed E-state index contributed by atoms with van der Waals surface area (Å²) >= 11 is 0. The number of carbonyl (C=O) groups is 1. The van der Waals surface area contributed by atoms with E-state index in [-0.39, 0.29) is 11.5 Å². The zero-order chi connectivity index (χ0) is 11.5. The molecule has 3 atom stereocenters. The summed E-state index contributed by atoms with van der Waals surface area (Å²) < 4.78 is 4.97. The SMILES string of the molecule is CCOC(=O)CC1(N)CC(C)CCC1C. The van der Waals surface area contributed by atoms with Gasteiger partial charge in [-0.05, 0) is 31.6 Å². The van der Waals surface area contributed by atoms with Crippen molar-refractivity contribution in [2.45, 2.75) is 52.0 Å². The number of nitrogens with two attached hydrogens (primary N) is 1. The molecule has 3 nitrogen and oxygen atoms in total. The van der Waals surface area contributed by atoms with Gasteiger partial charge in [-0.1, -0.05) is 20.3 Å². The van der Waals surface area contributed by atoms with Crippen molar-refractivity contribution in [3.8, 4) is 0 Å². The van der Waals surface area contributed by atoms with Gasteiger partial charge in [0.25, 0.3) is 0 Å². The van der Waals surface area contributed by atoms with E-state index >= 15 is 0 Å². The van der Waals surface area contributed by atoms with Crippen molar-refractivity contribution in [1.82, 2.24) is 0 Å². The molecule has 3 unspecified atom stereocenters. The van der Waals surface area contributed by atoms with Crippen LogP contribution in [0.25, 0.3) is 0 Å². The first-order valence-electron chi connectivity index (χ1n) is 5.92. The van der Waals surface area contributed by atoms with E-state index in [4.69, 9.17) is 10.5 Å². The second-order valence-corrected chi connectivity index (χ2v) is 5.00. The smallest absolute Gasteiger partial charge is 0.307 e. The minimum atomic E-state index is -0.343. The number of carbonyl (C=O) groups excluding carboxylic acids is 1. The third-order valence-electron chi connectivity index (χ3n) is 3.58.